The van der Waals surface area contributed by atoms with Crippen LogP contribution in [0, 0.1) is 0 Å². The Morgan fingerprint density at radius 3 is 2.31 bits per heavy atom. The van der Waals surface area contributed by atoms with Crippen molar-refractivity contribution in [2.75, 3.05) is 38.0 Å². The average molecular weight is 808 g/mol. The van der Waals surface area contributed by atoms with Crippen molar-refractivity contribution in [2.24, 2.45) is 5.73 Å². The maximum Gasteiger partial charge on any atom is 0.267 e. The highest BCUT2D eigenvalue weighted by molar-refractivity contribution is 6.33. The van der Waals surface area contributed by atoms with Crippen LogP contribution in [0.2, 0.25) is 0 Å². The molecule has 3 heterocycles. The van der Waals surface area contributed by atoms with E-state index in [1.807, 2.05) is 26.0 Å². The van der Waals surface area contributed by atoms with Crippen molar-refractivity contribution < 1.29 is 43.8 Å². The molecule has 0 radical (unpaired) electrons. The zero-order valence-corrected chi connectivity index (χ0v) is 33.3. The molecule has 2 saturated heterocycles. The molecule has 1 atom stereocenters. The Morgan fingerprint density at radius 1 is 0.932 bits per heavy atom. The molecular weight excluding hydrogens is 759 g/mol. The van der Waals surface area contributed by atoms with Gasteiger partial charge in [0, 0.05) is 88.0 Å². The van der Waals surface area contributed by atoms with Gasteiger partial charge in [-0.25, -0.2) is 0 Å². The number of piperazine rings is 1. The van der Waals surface area contributed by atoms with E-state index in [1.54, 1.807) is 42.2 Å². The van der Waals surface area contributed by atoms with E-state index in [0.29, 0.717) is 60.7 Å². The number of anilines is 1. The summed E-state index contributed by atoms with van der Waals surface area (Å²) in [7, 11) is 0. The number of imide groups is 1. The van der Waals surface area contributed by atoms with Crippen LogP contribution in [-0.2, 0) is 37.1 Å². The van der Waals surface area contributed by atoms with Gasteiger partial charge in [-0.15, -0.1) is 0 Å². The molecule has 3 aromatic carbocycles. The summed E-state index contributed by atoms with van der Waals surface area (Å²) in [5.74, 6) is -3.82. The minimum Gasteiger partial charge on any atom is -0.508 e. The number of phenolic OH excluding ortho intramolecular Hbond substituents is 2. The summed E-state index contributed by atoms with van der Waals surface area (Å²) >= 11 is 0. The van der Waals surface area contributed by atoms with Crippen LogP contribution in [0.4, 0.5) is 5.69 Å². The molecule has 0 spiro atoms. The summed E-state index contributed by atoms with van der Waals surface area (Å²) in [4.78, 5) is 95.4. The number of nitrogens with zero attached hydrogens (tertiary/aromatic N) is 3. The van der Waals surface area contributed by atoms with Crippen molar-refractivity contribution in [3.8, 4) is 11.5 Å². The number of Topliss-reactive ketones (excluding diaryl/α,β-unsaturated/α-hetero) is 1. The largest absolute Gasteiger partial charge is 0.508 e. The summed E-state index contributed by atoms with van der Waals surface area (Å²) in [6, 6.07) is 13.7. The predicted molar refractivity (Wildman–Crippen MR) is 217 cm³/mol. The Labute approximate surface area is 341 Å². The molecule has 3 aliphatic rings. The lowest BCUT2D eigenvalue weighted by Crippen LogP contribution is -2.52. The molecule has 3 aliphatic heterocycles. The van der Waals surface area contributed by atoms with E-state index < -0.39 is 29.4 Å². The Kier molecular flexibility index (Phi) is 12.8. The first kappa shape index (κ1) is 42.1. The highest BCUT2D eigenvalue weighted by Crippen LogP contribution is 2.36. The van der Waals surface area contributed by atoms with E-state index in [2.05, 4.69) is 20.9 Å². The second kappa shape index (κ2) is 17.9. The lowest BCUT2D eigenvalue weighted by molar-refractivity contribution is -0.137. The minimum atomic E-state index is -0.776. The van der Waals surface area contributed by atoms with Crippen molar-refractivity contribution in [1.29, 1.82) is 0 Å². The number of ketones is 1. The van der Waals surface area contributed by atoms with Crippen molar-refractivity contribution in [2.45, 2.75) is 71.5 Å². The zero-order valence-electron chi connectivity index (χ0n) is 33.3. The molecule has 16 nitrogen and oxygen atoms in total. The summed E-state index contributed by atoms with van der Waals surface area (Å²) in [6.07, 6.45) is 0.300. The summed E-state index contributed by atoms with van der Waals surface area (Å²) < 4.78 is 0. The maximum atomic E-state index is 13.9. The SMILES string of the molecule is CCNC(=O)C(N)=C(C(=O)c1cc(C(C)C)c(O)cc1O)c1ccc(CN2CCN(C(=O)CCC(=O)Nc3cccc4c3CN(C3CCC(=O)NC3=O)C4=O)CC2)cc1. The van der Waals surface area contributed by atoms with Crippen LogP contribution >= 0.6 is 0 Å². The van der Waals surface area contributed by atoms with E-state index >= 15 is 0 Å². The van der Waals surface area contributed by atoms with E-state index in [4.69, 9.17) is 5.73 Å². The number of hydrogen-bond donors (Lipinski definition) is 6. The van der Waals surface area contributed by atoms with Gasteiger partial charge in [0.2, 0.25) is 23.6 Å². The third-order valence-electron chi connectivity index (χ3n) is 10.9. The third-order valence-corrected chi connectivity index (χ3v) is 10.9. The lowest BCUT2D eigenvalue weighted by atomic mass is 9.90. The fourth-order valence-corrected chi connectivity index (χ4v) is 7.64. The van der Waals surface area contributed by atoms with E-state index in [-0.39, 0.29) is 90.9 Å². The van der Waals surface area contributed by atoms with Gasteiger partial charge in [-0.1, -0.05) is 44.2 Å². The number of hydrogen-bond acceptors (Lipinski definition) is 11. The highest BCUT2D eigenvalue weighted by Gasteiger charge is 2.40. The Bertz CT molecular complexity index is 2230. The first-order valence-corrected chi connectivity index (χ1v) is 19.7. The third kappa shape index (κ3) is 9.28. The Hall–Kier alpha value is -6.55. The van der Waals surface area contributed by atoms with Crippen molar-refractivity contribution >= 4 is 52.5 Å². The van der Waals surface area contributed by atoms with Crippen molar-refractivity contribution in [1.82, 2.24) is 25.3 Å². The van der Waals surface area contributed by atoms with E-state index in [1.165, 1.54) is 11.0 Å². The molecule has 0 aliphatic carbocycles. The number of piperidine rings is 1. The molecule has 3 aromatic rings. The topological polar surface area (TPSA) is 232 Å². The van der Waals surface area contributed by atoms with Crippen LogP contribution in [0.3, 0.4) is 0 Å². The number of carbonyl (C=O) groups is 7. The summed E-state index contributed by atoms with van der Waals surface area (Å²) in [5, 5.41) is 28.7. The Balaban J connectivity index is 1.02. The summed E-state index contributed by atoms with van der Waals surface area (Å²) in [5.41, 5.74) is 8.93. The van der Waals surface area contributed by atoms with Gasteiger partial charge in [0.15, 0.2) is 5.78 Å². The molecule has 16 heteroatoms. The number of benzene rings is 3. The second-order valence-corrected chi connectivity index (χ2v) is 15.2. The van der Waals surface area contributed by atoms with Gasteiger partial charge in [-0.2, -0.15) is 0 Å². The molecule has 59 heavy (non-hydrogen) atoms. The molecule has 2 fully saturated rings. The normalized spacial score (nSPS) is 17.4. The number of aromatic hydroxyl groups is 2. The predicted octanol–water partition coefficient (Wildman–Crippen LogP) is 2.73. The maximum absolute atomic E-state index is 13.9. The highest BCUT2D eigenvalue weighted by atomic mass is 16.3. The Morgan fingerprint density at radius 2 is 1.64 bits per heavy atom. The number of nitrogens with one attached hydrogen (secondary N) is 3. The van der Waals surface area contributed by atoms with Gasteiger partial charge in [0.25, 0.3) is 11.8 Å². The fraction of sp³-hybridized carbons (Fsp3) is 0.372. The molecule has 6 rings (SSSR count). The van der Waals surface area contributed by atoms with Crippen LogP contribution in [0.1, 0.15) is 95.3 Å². The van der Waals surface area contributed by atoms with Crippen molar-refractivity contribution in [3.05, 3.63) is 93.7 Å². The van der Waals surface area contributed by atoms with Gasteiger partial charge >= 0.3 is 0 Å². The summed E-state index contributed by atoms with van der Waals surface area (Å²) in [6.45, 7) is 8.43. The molecule has 6 amide bonds. The zero-order chi connectivity index (χ0) is 42.5. The molecule has 0 saturated carbocycles. The number of amides is 6. The molecule has 0 aromatic heterocycles. The second-order valence-electron chi connectivity index (χ2n) is 15.2. The fourth-order valence-electron chi connectivity index (χ4n) is 7.64. The number of likely N-dealkylation sites (N-methyl/N-ethyl adjacent to an activating group) is 1. The number of allylic oxidation sites excluding steroid dienone is 1. The first-order valence-electron chi connectivity index (χ1n) is 19.7. The quantitative estimate of drug-likeness (QED) is 0.0836. The van der Waals surface area contributed by atoms with Crippen LogP contribution in [0.15, 0.2) is 60.3 Å². The molecule has 310 valence electrons. The number of rotatable bonds is 13. The lowest BCUT2D eigenvalue weighted by Gasteiger charge is -2.34. The van der Waals surface area contributed by atoms with Gasteiger partial charge in [0.05, 0.1) is 11.1 Å². The number of phenols is 2. The average Bonchev–Trinajstić information content (AvgIpc) is 3.54. The van der Waals surface area contributed by atoms with E-state index in [0.717, 1.165) is 11.6 Å². The van der Waals surface area contributed by atoms with Crippen LogP contribution in [0.25, 0.3) is 5.57 Å². The van der Waals surface area contributed by atoms with Gasteiger partial charge < -0.3 is 36.4 Å². The number of carbonyl (C=O) groups excluding carboxylic acids is 7. The standard InChI is InChI=1S/C43H49N7O9/c1-4-45-42(58)39(44)38(40(56)29-20-28(24(2)3)33(51)21-34(29)52)26-10-8-25(9-11-26)22-48-16-18-49(19-17-48)37(55)15-14-35(53)46-31-7-5-6-27-30(31)23-50(43(27)59)32-12-13-36(54)47-41(32)57/h5-11,20-21,24,32,51-52H,4,12-19,22-23,44H2,1-3H3,(H,45,58)(H,46,53)(H,47,54,57). The van der Waals surface area contributed by atoms with E-state index in [9.17, 15) is 43.8 Å². The van der Waals surface area contributed by atoms with Gasteiger partial charge in [0.1, 0.15) is 23.2 Å². The first-order chi connectivity index (χ1) is 28.2. The van der Waals surface area contributed by atoms with Crippen molar-refractivity contribution in [3.63, 3.8) is 0 Å². The minimum absolute atomic E-state index is 0.00166. The van der Waals surface area contributed by atoms with Crippen LogP contribution < -0.4 is 21.7 Å². The van der Waals surface area contributed by atoms with Crippen LogP contribution in [0.5, 0.6) is 11.5 Å². The molecule has 7 N–H and O–H groups in total. The molecule has 0 bridgehead atoms. The van der Waals surface area contributed by atoms with Gasteiger partial charge in [-0.3, -0.25) is 43.8 Å². The van der Waals surface area contributed by atoms with Crippen LogP contribution in [-0.4, -0.2) is 105 Å². The smallest absolute Gasteiger partial charge is 0.267 e. The molecule has 1 unspecified atom stereocenters. The van der Waals surface area contributed by atoms with Gasteiger partial charge in [-0.05, 0) is 54.2 Å². The molecular formula is C43H49N7O9. The number of nitrogens with two attached hydrogens (primary N) is 1. The monoisotopic (exact) mass is 807 g/mol. The number of fused-ring (bicyclic) bond motifs is 1.